The number of urea groups is 1. The highest BCUT2D eigenvalue weighted by Crippen LogP contribution is 2.24. The first-order chi connectivity index (χ1) is 15.5. The van der Waals surface area contributed by atoms with E-state index in [0.29, 0.717) is 36.4 Å². The molecule has 1 fully saturated rings. The van der Waals surface area contributed by atoms with Crippen molar-refractivity contribution in [3.63, 3.8) is 0 Å². The first-order valence-corrected chi connectivity index (χ1v) is 10.3. The van der Waals surface area contributed by atoms with E-state index < -0.39 is 0 Å². The van der Waals surface area contributed by atoms with Crippen LogP contribution in [-0.2, 0) is 6.54 Å². The van der Waals surface area contributed by atoms with Crippen molar-refractivity contribution in [1.82, 2.24) is 4.90 Å². The van der Waals surface area contributed by atoms with Crippen molar-refractivity contribution in [2.75, 3.05) is 23.3 Å². The fourth-order valence-electron chi connectivity index (χ4n) is 3.64. The topological polar surface area (TPSA) is 76.4 Å². The molecule has 0 aromatic heterocycles. The van der Waals surface area contributed by atoms with E-state index in [0.717, 1.165) is 17.7 Å². The molecular formula is C25H21FN4O2. The van der Waals surface area contributed by atoms with Crippen LogP contribution in [0.25, 0.3) is 0 Å². The molecule has 0 aliphatic carbocycles. The molecule has 0 unspecified atom stereocenters. The minimum Gasteiger partial charge on any atom is -0.322 e. The number of hydrogen-bond donors (Lipinski definition) is 1. The molecule has 1 aliphatic heterocycles. The summed E-state index contributed by atoms with van der Waals surface area (Å²) in [6, 6.07) is 21.6. The lowest BCUT2D eigenvalue weighted by Crippen LogP contribution is -2.49. The number of nitriles is 1. The van der Waals surface area contributed by atoms with E-state index in [9.17, 15) is 14.0 Å². The Morgan fingerprint density at radius 1 is 1.03 bits per heavy atom. The lowest BCUT2D eigenvalue weighted by molar-refractivity contribution is 0.102. The third kappa shape index (κ3) is 4.76. The molecule has 3 amide bonds. The van der Waals surface area contributed by atoms with Gasteiger partial charge >= 0.3 is 6.03 Å². The summed E-state index contributed by atoms with van der Waals surface area (Å²) in [5.41, 5.74) is 3.02. The molecule has 0 spiro atoms. The molecule has 32 heavy (non-hydrogen) atoms. The Hall–Kier alpha value is -4.18. The zero-order valence-corrected chi connectivity index (χ0v) is 17.3. The lowest BCUT2D eigenvalue weighted by atomic mass is 10.1. The Bertz CT molecular complexity index is 1170. The molecular weight excluding hydrogens is 407 g/mol. The minimum absolute atomic E-state index is 0.106. The van der Waals surface area contributed by atoms with Crippen LogP contribution in [0.2, 0.25) is 0 Å². The van der Waals surface area contributed by atoms with Gasteiger partial charge in [-0.2, -0.15) is 5.26 Å². The highest BCUT2D eigenvalue weighted by Gasteiger charge is 2.26. The van der Waals surface area contributed by atoms with Gasteiger partial charge in [0.2, 0.25) is 0 Å². The maximum Gasteiger partial charge on any atom is 0.324 e. The minimum atomic E-state index is -0.311. The van der Waals surface area contributed by atoms with Crippen LogP contribution in [0.1, 0.15) is 27.9 Å². The lowest BCUT2D eigenvalue weighted by Gasteiger charge is -2.35. The summed E-state index contributed by atoms with van der Waals surface area (Å²) in [6.45, 7) is 1.67. The summed E-state index contributed by atoms with van der Waals surface area (Å²) >= 11 is 0. The van der Waals surface area contributed by atoms with Crippen LogP contribution < -0.4 is 10.2 Å². The van der Waals surface area contributed by atoms with Crippen LogP contribution in [0, 0.1) is 17.1 Å². The standard InChI is InChI=1S/C25H21FN4O2/c26-21-7-5-18(6-8-21)17-29-13-2-14-30(25(29)32)23-11-9-22(10-12-23)28-24(31)20-4-1-3-19(15-20)16-27/h1,3-12,15H,2,13-14,17H2,(H,28,31). The van der Waals surface area contributed by atoms with Crippen LogP contribution in [0.5, 0.6) is 0 Å². The summed E-state index contributed by atoms with van der Waals surface area (Å²) in [5, 5.41) is 11.8. The van der Waals surface area contributed by atoms with Crippen molar-refractivity contribution in [2.45, 2.75) is 13.0 Å². The molecule has 3 aromatic rings. The second-order valence-electron chi connectivity index (χ2n) is 7.53. The first-order valence-electron chi connectivity index (χ1n) is 10.3. The third-order valence-corrected chi connectivity index (χ3v) is 5.29. The van der Waals surface area contributed by atoms with Gasteiger partial charge in [0.05, 0.1) is 11.6 Å². The van der Waals surface area contributed by atoms with Gasteiger partial charge in [-0.05, 0) is 66.6 Å². The quantitative estimate of drug-likeness (QED) is 0.635. The van der Waals surface area contributed by atoms with Gasteiger partial charge in [0, 0.05) is 36.6 Å². The molecule has 6 nitrogen and oxygen atoms in total. The van der Waals surface area contributed by atoms with Gasteiger partial charge in [0.15, 0.2) is 0 Å². The SMILES string of the molecule is N#Cc1cccc(C(=O)Nc2ccc(N3CCCN(Cc4ccc(F)cc4)C3=O)cc2)c1. The first kappa shape index (κ1) is 21.1. The van der Waals surface area contributed by atoms with Crippen LogP contribution in [-0.4, -0.2) is 29.9 Å². The number of amides is 3. The van der Waals surface area contributed by atoms with Crippen molar-refractivity contribution in [3.05, 3.63) is 95.3 Å². The maximum atomic E-state index is 13.1. The van der Waals surface area contributed by atoms with Crippen molar-refractivity contribution in [1.29, 1.82) is 5.26 Å². The molecule has 0 bridgehead atoms. The van der Waals surface area contributed by atoms with Gasteiger partial charge in [0.25, 0.3) is 5.91 Å². The number of hydrogen-bond acceptors (Lipinski definition) is 3. The molecule has 3 aromatic carbocycles. The third-order valence-electron chi connectivity index (χ3n) is 5.29. The highest BCUT2D eigenvalue weighted by molar-refractivity contribution is 6.04. The number of benzene rings is 3. The van der Waals surface area contributed by atoms with Crippen LogP contribution >= 0.6 is 0 Å². The fourth-order valence-corrected chi connectivity index (χ4v) is 3.64. The fraction of sp³-hybridized carbons (Fsp3) is 0.160. The van der Waals surface area contributed by atoms with Crippen molar-refractivity contribution in [2.24, 2.45) is 0 Å². The summed E-state index contributed by atoms with van der Waals surface area (Å²) in [7, 11) is 0. The number of carbonyl (C=O) groups excluding carboxylic acids is 2. The van der Waals surface area contributed by atoms with Crippen molar-refractivity contribution >= 4 is 23.3 Å². The van der Waals surface area contributed by atoms with Crippen molar-refractivity contribution in [3.8, 4) is 6.07 Å². The maximum absolute atomic E-state index is 13.1. The van der Waals surface area contributed by atoms with Gasteiger partial charge < -0.3 is 10.2 Å². The molecule has 1 N–H and O–H groups in total. The van der Waals surface area contributed by atoms with Crippen LogP contribution in [0.4, 0.5) is 20.6 Å². The summed E-state index contributed by atoms with van der Waals surface area (Å²) in [6.07, 6.45) is 0.820. The Morgan fingerprint density at radius 3 is 2.50 bits per heavy atom. The van der Waals surface area contributed by atoms with E-state index in [2.05, 4.69) is 5.32 Å². The smallest absolute Gasteiger partial charge is 0.322 e. The number of nitrogens with zero attached hydrogens (tertiary/aromatic N) is 3. The number of halogens is 1. The molecule has 4 rings (SSSR count). The van der Waals surface area contributed by atoms with Crippen LogP contribution in [0.15, 0.2) is 72.8 Å². The Morgan fingerprint density at radius 2 is 1.78 bits per heavy atom. The number of rotatable bonds is 5. The normalized spacial score (nSPS) is 13.6. The summed E-state index contributed by atoms with van der Waals surface area (Å²) in [4.78, 5) is 28.9. The highest BCUT2D eigenvalue weighted by atomic mass is 19.1. The monoisotopic (exact) mass is 428 g/mol. The van der Waals surface area contributed by atoms with Gasteiger partial charge in [-0.3, -0.25) is 9.69 Å². The largest absolute Gasteiger partial charge is 0.324 e. The van der Waals surface area contributed by atoms with E-state index in [-0.39, 0.29) is 17.8 Å². The number of anilines is 2. The Kier molecular flexibility index (Phi) is 6.13. The molecule has 1 heterocycles. The second-order valence-corrected chi connectivity index (χ2v) is 7.53. The molecule has 7 heteroatoms. The van der Waals surface area contributed by atoms with Gasteiger partial charge in [-0.15, -0.1) is 0 Å². The summed E-state index contributed by atoms with van der Waals surface area (Å²) in [5.74, 6) is -0.611. The zero-order chi connectivity index (χ0) is 22.5. The molecule has 1 saturated heterocycles. The molecule has 0 saturated carbocycles. The van der Waals surface area contributed by atoms with Gasteiger partial charge in [-0.1, -0.05) is 18.2 Å². The average molecular weight is 428 g/mol. The van der Waals surface area contributed by atoms with E-state index in [4.69, 9.17) is 5.26 Å². The Balaban J connectivity index is 1.42. The number of nitrogens with one attached hydrogen (secondary N) is 1. The molecule has 160 valence electrons. The van der Waals surface area contributed by atoms with E-state index >= 15 is 0 Å². The van der Waals surface area contributed by atoms with Gasteiger partial charge in [-0.25, -0.2) is 9.18 Å². The average Bonchev–Trinajstić information content (AvgIpc) is 2.82. The van der Waals surface area contributed by atoms with E-state index in [1.165, 1.54) is 18.2 Å². The van der Waals surface area contributed by atoms with Crippen LogP contribution in [0.3, 0.4) is 0 Å². The number of carbonyl (C=O) groups is 2. The molecule has 1 aliphatic rings. The second kappa shape index (κ2) is 9.31. The zero-order valence-electron chi connectivity index (χ0n) is 17.3. The summed E-state index contributed by atoms with van der Waals surface area (Å²) < 4.78 is 13.1. The Labute approximate surface area is 185 Å². The van der Waals surface area contributed by atoms with E-state index in [1.807, 2.05) is 6.07 Å². The molecule has 0 radical (unpaired) electrons. The van der Waals surface area contributed by atoms with Gasteiger partial charge in [0.1, 0.15) is 5.82 Å². The predicted octanol–water partition coefficient (Wildman–Crippen LogP) is 4.78. The predicted molar refractivity (Wildman–Crippen MR) is 120 cm³/mol. The molecule has 0 atom stereocenters. The van der Waals surface area contributed by atoms with Crippen molar-refractivity contribution < 1.29 is 14.0 Å². The van der Waals surface area contributed by atoms with E-state index in [1.54, 1.807) is 64.4 Å².